The first kappa shape index (κ1) is 11.1. The fourth-order valence-electron chi connectivity index (χ4n) is 2.12. The summed E-state index contributed by atoms with van der Waals surface area (Å²) in [5, 5.41) is 4.24. The largest absolute Gasteiger partial charge is 0.460 e. The molecule has 0 N–H and O–H groups in total. The third-order valence-corrected chi connectivity index (χ3v) is 2.83. The van der Waals surface area contributed by atoms with Crippen LogP contribution in [-0.2, 0) is 11.2 Å². The van der Waals surface area contributed by atoms with Gasteiger partial charge in [0.05, 0.1) is 12.6 Å². The molecule has 5 heteroatoms. The Hall–Kier alpha value is -1.39. The number of ether oxygens (including phenoxy) is 1. The Balaban J connectivity index is 2.15. The lowest BCUT2D eigenvalue weighted by Crippen LogP contribution is -2.10. The molecular formula is C11H17N3O2. The lowest BCUT2D eigenvalue weighted by molar-refractivity contribution is 0.0511. The van der Waals surface area contributed by atoms with Gasteiger partial charge in [0, 0.05) is 6.42 Å². The van der Waals surface area contributed by atoms with E-state index in [0.717, 1.165) is 31.5 Å². The zero-order chi connectivity index (χ0) is 11.5. The standard InChI is InChI=1S/C11H17N3O2/c1-3-5-8-6-7-9-12-10(13-14(8)9)11(15)16-4-2/h8H,3-7H2,1-2H3. The van der Waals surface area contributed by atoms with Crippen LogP contribution in [0.15, 0.2) is 0 Å². The maximum Gasteiger partial charge on any atom is 0.378 e. The molecule has 1 aromatic rings. The molecule has 0 saturated heterocycles. The number of hydrogen-bond donors (Lipinski definition) is 0. The van der Waals surface area contributed by atoms with Gasteiger partial charge in [0.2, 0.25) is 0 Å². The smallest absolute Gasteiger partial charge is 0.378 e. The molecular weight excluding hydrogens is 206 g/mol. The number of fused-ring (bicyclic) bond motifs is 1. The van der Waals surface area contributed by atoms with Crippen LogP contribution in [0.2, 0.25) is 0 Å². The fourth-order valence-corrected chi connectivity index (χ4v) is 2.12. The molecule has 5 nitrogen and oxygen atoms in total. The van der Waals surface area contributed by atoms with Crippen LogP contribution < -0.4 is 0 Å². The molecule has 1 aliphatic heterocycles. The van der Waals surface area contributed by atoms with Crippen LogP contribution in [-0.4, -0.2) is 27.3 Å². The van der Waals surface area contributed by atoms with E-state index in [4.69, 9.17) is 4.74 Å². The summed E-state index contributed by atoms with van der Waals surface area (Å²) in [6.45, 7) is 4.30. The Bertz CT molecular complexity index is 387. The lowest BCUT2D eigenvalue weighted by atomic mass is 10.1. The first-order valence-electron chi connectivity index (χ1n) is 5.88. The molecule has 0 saturated carbocycles. The van der Waals surface area contributed by atoms with Gasteiger partial charge in [-0.1, -0.05) is 13.3 Å². The lowest BCUT2D eigenvalue weighted by Gasteiger charge is -2.08. The van der Waals surface area contributed by atoms with Gasteiger partial charge < -0.3 is 4.74 Å². The molecule has 0 bridgehead atoms. The number of carbonyl (C=O) groups excluding carboxylic acids is 1. The molecule has 1 aromatic heterocycles. The van der Waals surface area contributed by atoms with Crippen molar-refractivity contribution in [1.82, 2.24) is 14.8 Å². The summed E-state index contributed by atoms with van der Waals surface area (Å²) in [5.41, 5.74) is 0. The highest BCUT2D eigenvalue weighted by Gasteiger charge is 2.27. The average Bonchev–Trinajstić information content (AvgIpc) is 2.81. The second kappa shape index (κ2) is 4.63. The molecule has 0 amide bonds. The van der Waals surface area contributed by atoms with Gasteiger partial charge in [-0.15, -0.1) is 5.10 Å². The molecule has 0 radical (unpaired) electrons. The van der Waals surface area contributed by atoms with E-state index in [1.165, 1.54) is 0 Å². The van der Waals surface area contributed by atoms with Gasteiger partial charge in [-0.25, -0.2) is 14.5 Å². The van der Waals surface area contributed by atoms with Crippen LogP contribution in [0.1, 0.15) is 55.6 Å². The van der Waals surface area contributed by atoms with Gasteiger partial charge in [-0.3, -0.25) is 0 Å². The number of carbonyl (C=O) groups is 1. The second-order valence-corrected chi connectivity index (χ2v) is 4.00. The summed E-state index contributed by atoms with van der Waals surface area (Å²) < 4.78 is 6.78. The van der Waals surface area contributed by atoms with E-state index >= 15 is 0 Å². The van der Waals surface area contributed by atoms with E-state index in [1.54, 1.807) is 6.92 Å². The summed E-state index contributed by atoms with van der Waals surface area (Å²) in [7, 11) is 0. The Kier molecular flexibility index (Phi) is 3.22. The van der Waals surface area contributed by atoms with E-state index in [9.17, 15) is 4.79 Å². The minimum absolute atomic E-state index is 0.206. The maximum atomic E-state index is 11.5. The van der Waals surface area contributed by atoms with Gasteiger partial charge in [0.1, 0.15) is 5.82 Å². The molecule has 2 heterocycles. The van der Waals surface area contributed by atoms with Gasteiger partial charge in [0.15, 0.2) is 0 Å². The highest BCUT2D eigenvalue weighted by Crippen LogP contribution is 2.27. The van der Waals surface area contributed by atoms with Crippen molar-refractivity contribution >= 4 is 5.97 Å². The third kappa shape index (κ3) is 1.94. The highest BCUT2D eigenvalue weighted by molar-refractivity contribution is 5.85. The van der Waals surface area contributed by atoms with Crippen molar-refractivity contribution in [1.29, 1.82) is 0 Å². The SMILES string of the molecule is CCCC1CCc2nc(C(=O)OCC)nn21. The van der Waals surface area contributed by atoms with E-state index in [2.05, 4.69) is 17.0 Å². The van der Waals surface area contributed by atoms with Crippen molar-refractivity contribution in [2.45, 2.75) is 45.6 Å². The van der Waals surface area contributed by atoms with Gasteiger partial charge in [0.25, 0.3) is 5.82 Å². The Morgan fingerprint density at radius 3 is 3.06 bits per heavy atom. The quantitative estimate of drug-likeness (QED) is 0.729. The minimum atomic E-state index is -0.417. The molecule has 88 valence electrons. The normalized spacial score (nSPS) is 18.5. The molecule has 0 aromatic carbocycles. The summed E-state index contributed by atoms with van der Waals surface area (Å²) in [6, 6.07) is 0.413. The number of rotatable bonds is 4. The zero-order valence-corrected chi connectivity index (χ0v) is 9.77. The van der Waals surface area contributed by atoms with Crippen LogP contribution in [0.5, 0.6) is 0 Å². The molecule has 2 rings (SSSR count). The minimum Gasteiger partial charge on any atom is -0.460 e. The van der Waals surface area contributed by atoms with E-state index in [-0.39, 0.29) is 5.82 Å². The van der Waals surface area contributed by atoms with Crippen molar-refractivity contribution in [3.05, 3.63) is 11.6 Å². The number of hydrogen-bond acceptors (Lipinski definition) is 4. The molecule has 1 aliphatic rings. The van der Waals surface area contributed by atoms with E-state index in [1.807, 2.05) is 4.68 Å². The first-order valence-corrected chi connectivity index (χ1v) is 5.88. The summed E-state index contributed by atoms with van der Waals surface area (Å²) in [4.78, 5) is 15.7. The second-order valence-electron chi connectivity index (χ2n) is 4.00. The predicted octanol–water partition coefficient (Wildman–Crippen LogP) is 1.74. The van der Waals surface area contributed by atoms with Crippen molar-refractivity contribution in [2.75, 3.05) is 6.61 Å². The molecule has 0 aliphatic carbocycles. The van der Waals surface area contributed by atoms with Gasteiger partial charge in [-0.05, 0) is 19.8 Å². The highest BCUT2D eigenvalue weighted by atomic mass is 16.5. The van der Waals surface area contributed by atoms with Gasteiger partial charge >= 0.3 is 5.97 Å². The van der Waals surface area contributed by atoms with E-state index in [0.29, 0.717) is 12.6 Å². The summed E-state index contributed by atoms with van der Waals surface area (Å²) >= 11 is 0. The Labute approximate surface area is 94.8 Å². The molecule has 1 atom stereocenters. The molecule has 0 spiro atoms. The first-order chi connectivity index (χ1) is 7.76. The Morgan fingerprint density at radius 1 is 1.56 bits per heavy atom. The maximum absolute atomic E-state index is 11.5. The van der Waals surface area contributed by atoms with E-state index < -0.39 is 5.97 Å². The van der Waals surface area contributed by atoms with Crippen molar-refractivity contribution < 1.29 is 9.53 Å². The van der Waals surface area contributed by atoms with Crippen LogP contribution in [0.3, 0.4) is 0 Å². The monoisotopic (exact) mass is 223 g/mol. The van der Waals surface area contributed by atoms with Crippen LogP contribution in [0.25, 0.3) is 0 Å². The number of nitrogens with zero attached hydrogens (tertiary/aromatic N) is 3. The summed E-state index contributed by atoms with van der Waals surface area (Å²) in [5.74, 6) is 0.707. The van der Waals surface area contributed by atoms with Crippen LogP contribution in [0.4, 0.5) is 0 Å². The van der Waals surface area contributed by atoms with Crippen LogP contribution in [0, 0.1) is 0 Å². The van der Waals surface area contributed by atoms with Gasteiger partial charge in [-0.2, -0.15) is 0 Å². The molecule has 16 heavy (non-hydrogen) atoms. The summed E-state index contributed by atoms with van der Waals surface area (Å²) in [6.07, 6.45) is 4.22. The van der Waals surface area contributed by atoms with Crippen LogP contribution >= 0.6 is 0 Å². The fraction of sp³-hybridized carbons (Fsp3) is 0.727. The van der Waals surface area contributed by atoms with Crippen molar-refractivity contribution in [3.63, 3.8) is 0 Å². The molecule has 1 unspecified atom stereocenters. The molecule has 0 fully saturated rings. The Morgan fingerprint density at radius 2 is 2.38 bits per heavy atom. The average molecular weight is 223 g/mol. The van der Waals surface area contributed by atoms with Crippen molar-refractivity contribution in [2.24, 2.45) is 0 Å². The predicted molar refractivity (Wildman–Crippen MR) is 58.2 cm³/mol. The number of aromatic nitrogens is 3. The number of esters is 1. The number of aryl methyl sites for hydroxylation is 1. The van der Waals surface area contributed by atoms with Crippen molar-refractivity contribution in [3.8, 4) is 0 Å². The topological polar surface area (TPSA) is 57.0 Å². The third-order valence-electron chi connectivity index (χ3n) is 2.83. The zero-order valence-electron chi connectivity index (χ0n) is 9.77.